The van der Waals surface area contributed by atoms with E-state index in [0.717, 1.165) is 32.4 Å². The van der Waals surface area contributed by atoms with Crippen molar-refractivity contribution in [3.05, 3.63) is 18.3 Å². The number of piperidine rings is 1. The Bertz CT molecular complexity index is 555. The van der Waals surface area contributed by atoms with Crippen molar-refractivity contribution in [2.24, 2.45) is 11.8 Å². The minimum atomic E-state index is -3.50. The molecule has 2 heterocycles. The molecule has 21 heavy (non-hydrogen) atoms. The molecule has 0 radical (unpaired) electrons. The molecule has 1 aromatic rings. The van der Waals surface area contributed by atoms with Gasteiger partial charge in [0.1, 0.15) is 5.82 Å². The molecule has 0 spiro atoms. The molecule has 1 fully saturated rings. The van der Waals surface area contributed by atoms with E-state index in [4.69, 9.17) is 5.84 Å². The van der Waals surface area contributed by atoms with E-state index in [-0.39, 0.29) is 4.90 Å². The molecule has 0 amide bonds. The first-order chi connectivity index (χ1) is 10.0. The summed E-state index contributed by atoms with van der Waals surface area (Å²) in [7, 11) is -1.38. The van der Waals surface area contributed by atoms with Gasteiger partial charge in [0, 0.05) is 18.8 Å². The molecule has 1 aliphatic heterocycles. The minimum Gasteiger partial charge on any atom is -0.308 e. The van der Waals surface area contributed by atoms with E-state index < -0.39 is 10.0 Å². The smallest absolute Gasteiger partial charge is 0.240 e. The molecular weight excluding hydrogens is 290 g/mol. The molecule has 8 heteroatoms. The van der Waals surface area contributed by atoms with Crippen molar-refractivity contribution in [1.29, 1.82) is 0 Å². The summed E-state index contributed by atoms with van der Waals surface area (Å²) in [4.78, 5) is 6.38. The highest BCUT2D eigenvalue weighted by Gasteiger charge is 2.18. The van der Waals surface area contributed by atoms with Crippen molar-refractivity contribution >= 4 is 15.8 Å². The number of sulfonamides is 1. The Kier molecular flexibility index (Phi) is 5.51. The molecule has 0 aromatic carbocycles. The highest BCUT2D eigenvalue weighted by molar-refractivity contribution is 7.89. The van der Waals surface area contributed by atoms with Gasteiger partial charge < -0.3 is 10.3 Å². The second kappa shape index (κ2) is 7.17. The van der Waals surface area contributed by atoms with Gasteiger partial charge in [0.05, 0.1) is 4.90 Å². The van der Waals surface area contributed by atoms with E-state index in [1.807, 2.05) is 0 Å². The maximum Gasteiger partial charge on any atom is 0.240 e. The second-order valence-electron chi connectivity index (χ2n) is 5.45. The van der Waals surface area contributed by atoms with Crippen LogP contribution in [0.5, 0.6) is 0 Å². The highest BCUT2D eigenvalue weighted by atomic mass is 32.2. The fourth-order valence-electron chi connectivity index (χ4n) is 2.49. The zero-order valence-corrected chi connectivity index (χ0v) is 13.1. The predicted octanol–water partition coefficient (Wildman–Crippen LogP) is 0.377. The lowest BCUT2D eigenvalue weighted by Crippen LogP contribution is -2.32. The van der Waals surface area contributed by atoms with Crippen LogP contribution in [0.4, 0.5) is 5.82 Å². The first-order valence-electron chi connectivity index (χ1n) is 7.12. The van der Waals surface area contributed by atoms with Crippen molar-refractivity contribution in [2.75, 3.05) is 32.1 Å². The Morgan fingerprint density at radius 3 is 2.81 bits per heavy atom. The number of nitrogens with two attached hydrogens (primary N) is 1. The third kappa shape index (κ3) is 4.63. The molecule has 0 aliphatic carbocycles. The van der Waals surface area contributed by atoms with Gasteiger partial charge >= 0.3 is 0 Å². The molecule has 0 bridgehead atoms. The quantitative estimate of drug-likeness (QED) is 0.518. The van der Waals surface area contributed by atoms with Crippen molar-refractivity contribution < 1.29 is 8.42 Å². The number of anilines is 1. The maximum absolute atomic E-state index is 12.2. The van der Waals surface area contributed by atoms with Crippen LogP contribution in [0, 0.1) is 5.92 Å². The van der Waals surface area contributed by atoms with E-state index in [1.165, 1.54) is 18.3 Å². The highest BCUT2D eigenvalue weighted by Crippen LogP contribution is 2.19. The van der Waals surface area contributed by atoms with Crippen LogP contribution in [0.3, 0.4) is 0 Å². The van der Waals surface area contributed by atoms with E-state index in [1.54, 1.807) is 0 Å². The average Bonchev–Trinajstić information content (AvgIpc) is 2.49. The van der Waals surface area contributed by atoms with Crippen LogP contribution in [0.25, 0.3) is 0 Å². The molecule has 0 saturated carbocycles. The summed E-state index contributed by atoms with van der Waals surface area (Å²) in [5, 5.41) is 0. The molecule has 1 aliphatic rings. The largest absolute Gasteiger partial charge is 0.308 e. The van der Waals surface area contributed by atoms with Gasteiger partial charge in [-0.05, 0) is 51.4 Å². The normalized spacial score (nSPS) is 17.8. The fourth-order valence-corrected chi connectivity index (χ4v) is 3.55. The number of hydrogen-bond acceptors (Lipinski definition) is 6. The van der Waals surface area contributed by atoms with Gasteiger partial charge in [0.25, 0.3) is 0 Å². The molecule has 1 saturated heterocycles. The lowest BCUT2D eigenvalue weighted by Gasteiger charge is -2.28. The molecule has 1 aromatic heterocycles. The third-order valence-corrected chi connectivity index (χ3v) is 5.33. The van der Waals surface area contributed by atoms with Crippen LogP contribution in [0.15, 0.2) is 23.2 Å². The number of hydrazine groups is 1. The van der Waals surface area contributed by atoms with Crippen LogP contribution < -0.4 is 16.0 Å². The van der Waals surface area contributed by atoms with Crippen LogP contribution in [0.2, 0.25) is 0 Å². The summed E-state index contributed by atoms with van der Waals surface area (Å²) in [6.07, 6.45) is 4.56. The van der Waals surface area contributed by atoms with E-state index in [2.05, 4.69) is 27.1 Å². The summed E-state index contributed by atoms with van der Waals surface area (Å²) in [5.41, 5.74) is 2.34. The number of rotatable bonds is 6. The predicted molar refractivity (Wildman–Crippen MR) is 82.1 cm³/mol. The van der Waals surface area contributed by atoms with Gasteiger partial charge in [-0.3, -0.25) is 0 Å². The molecule has 7 nitrogen and oxygen atoms in total. The first-order valence-corrected chi connectivity index (χ1v) is 8.60. The Labute approximate surface area is 125 Å². The molecule has 0 unspecified atom stereocenters. The van der Waals surface area contributed by atoms with Crippen LogP contribution in [0.1, 0.15) is 19.3 Å². The Morgan fingerprint density at radius 2 is 2.14 bits per heavy atom. The SMILES string of the molecule is CN1CCC(CCNS(=O)(=O)c2ccnc(NN)c2)CC1. The first kappa shape index (κ1) is 16.2. The second-order valence-corrected chi connectivity index (χ2v) is 7.22. The van der Waals surface area contributed by atoms with Crippen molar-refractivity contribution in [2.45, 2.75) is 24.2 Å². The van der Waals surface area contributed by atoms with Gasteiger partial charge in [-0.2, -0.15) is 0 Å². The number of aromatic nitrogens is 1. The van der Waals surface area contributed by atoms with Crippen molar-refractivity contribution in [3.63, 3.8) is 0 Å². The van der Waals surface area contributed by atoms with E-state index in [0.29, 0.717) is 18.3 Å². The summed E-state index contributed by atoms with van der Waals surface area (Å²) < 4.78 is 27.0. The Hall–Kier alpha value is -1.22. The molecule has 4 N–H and O–H groups in total. The standard InChI is InChI=1S/C13H23N5O2S/c1-18-8-4-11(5-9-18)2-7-16-21(19,20)12-3-6-15-13(10-12)17-14/h3,6,10-11,16H,2,4-5,7-9,14H2,1H3,(H,15,17). The molecular formula is C13H23N5O2S. The van der Waals surface area contributed by atoms with E-state index in [9.17, 15) is 8.42 Å². The van der Waals surface area contributed by atoms with E-state index >= 15 is 0 Å². The number of hydrogen-bond donors (Lipinski definition) is 3. The minimum absolute atomic E-state index is 0.175. The monoisotopic (exact) mass is 313 g/mol. The van der Waals surface area contributed by atoms with Gasteiger partial charge in [0.2, 0.25) is 10.0 Å². The lowest BCUT2D eigenvalue weighted by molar-refractivity contribution is 0.213. The number of nitrogens with zero attached hydrogens (tertiary/aromatic N) is 2. The Balaban J connectivity index is 1.86. The van der Waals surface area contributed by atoms with Crippen LogP contribution in [-0.4, -0.2) is 45.0 Å². The topological polar surface area (TPSA) is 100 Å². The zero-order chi connectivity index (χ0) is 15.3. The Morgan fingerprint density at radius 1 is 1.43 bits per heavy atom. The summed E-state index contributed by atoms with van der Waals surface area (Å²) >= 11 is 0. The van der Waals surface area contributed by atoms with Gasteiger partial charge in [-0.25, -0.2) is 24.0 Å². The van der Waals surface area contributed by atoms with Gasteiger partial charge in [0.15, 0.2) is 0 Å². The summed E-state index contributed by atoms with van der Waals surface area (Å²) in [6, 6.07) is 2.87. The van der Waals surface area contributed by atoms with Crippen molar-refractivity contribution in [1.82, 2.24) is 14.6 Å². The summed E-state index contributed by atoms with van der Waals surface area (Å²) in [6.45, 7) is 2.64. The van der Waals surface area contributed by atoms with Gasteiger partial charge in [-0.15, -0.1) is 0 Å². The molecule has 118 valence electrons. The lowest BCUT2D eigenvalue weighted by atomic mass is 9.94. The van der Waals surface area contributed by atoms with Crippen LogP contribution in [-0.2, 0) is 10.0 Å². The number of nitrogens with one attached hydrogen (secondary N) is 2. The number of pyridine rings is 1. The average molecular weight is 313 g/mol. The summed E-state index contributed by atoms with van der Waals surface area (Å²) in [5.74, 6) is 6.17. The third-order valence-electron chi connectivity index (χ3n) is 3.87. The van der Waals surface area contributed by atoms with Crippen LogP contribution >= 0.6 is 0 Å². The van der Waals surface area contributed by atoms with Gasteiger partial charge in [-0.1, -0.05) is 0 Å². The fraction of sp³-hybridized carbons (Fsp3) is 0.615. The number of likely N-dealkylation sites (tertiary alicyclic amines) is 1. The zero-order valence-electron chi connectivity index (χ0n) is 12.2. The number of nitrogen functional groups attached to an aromatic ring is 1. The molecule has 0 atom stereocenters. The van der Waals surface area contributed by atoms with Crippen molar-refractivity contribution in [3.8, 4) is 0 Å². The molecule has 2 rings (SSSR count). The maximum atomic E-state index is 12.2.